The summed E-state index contributed by atoms with van der Waals surface area (Å²) >= 11 is 0. The summed E-state index contributed by atoms with van der Waals surface area (Å²) in [5.74, 6) is 1.52. The van der Waals surface area contributed by atoms with Crippen molar-refractivity contribution in [3.8, 4) is 5.88 Å². The second kappa shape index (κ2) is 4.28. The highest BCUT2D eigenvalue weighted by molar-refractivity contribution is 5.36. The van der Waals surface area contributed by atoms with Gasteiger partial charge in [-0.1, -0.05) is 6.07 Å². The standard InChI is InChI=1S/C10H14N2O2/c1-2-11-9-4-3-5-10(12-9)14-8-6-13-7-8/h3-5,8H,2,6-7H2,1H3,(H,11,12). The molecular weight excluding hydrogens is 180 g/mol. The lowest BCUT2D eigenvalue weighted by Gasteiger charge is -2.26. The molecule has 0 aromatic carbocycles. The van der Waals surface area contributed by atoms with E-state index in [1.807, 2.05) is 25.1 Å². The Morgan fingerprint density at radius 3 is 3.07 bits per heavy atom. The van der Waals surface area contributed by atoms with Crippen molar-refractivity contribution in [2.24, 2.45) is 0 Å². The molecule has 0 aliphatic carbocycles. The van der Waals surface area contributed by atoms with Crippen molar-refractivity contribution >= 4 is 5.82 Å². The number of rotatable bonds is 4. The van der Waals surface area contributed by atoms with Gasteiger partial charge in [-0.05, 0) is 13.0 Å². The summed E-state index contributed by atoms with van der Waals surface area (Å²) in [6, 6.07) is 5.71. The Labute approximate surface area is 83.2 Å². The lowest BCUT2D eigenvalue weighted by Crippen LogP contribution is -2.38. The highest BCUT2D eigenvalue weighted by Gasteiger charge is 2.20. The second-order valence-electron chi connectivity index (χ2n) is 3.17. The summed E-state index contributed by atoms with van der Waals surface area (Å²) in [6.07, 6.45) is 0.180. The van der Waals surface area contributed by atoms with Crippen molar-refractivity contribution in [2.45, 2.75) is 13.0 Å². The first-order chi connectivity index (χ1) is 6.88. The molecule has 14 heavy (non-hydrogen) atoms. The van der Waals surface area contributed by atoms with E-state index in [-0.39, 0.29) is 6.10 Å². The Morgan fingerprint density at radius 2 is 2.43 bits per heavy atom. The first-order valence-corrected chi connectivity index (χ1v) is 4.84. The predicted molar refractivity (Wildman–Crippen MR) is 53.6 cm³/mol. The quantitative estimate of drug-likeness (QED) is 0.784. The van der Waals surface area contributed by atoms with E-state index in [1.54, 1.807) is 0 Å². The topological polar surface area (TPSA) is 43.4 Å². The lowest BCUT2D eigenvalue weighted by atomic mass is 10.3. The van der Waals surface area contributed by atoms with Crippen LogP contribution in [0.2, 0.25) is 0 Å². The molecule has 0 amide bonds. The van der Waals surface area contributed by atoms with Gasteiger partial charge in [-0.15, -0.1) is 0 Å². The Balaban J connectivity index is 1.97. The molecule has 1 fully saturated rings. The Morgan fingerprint density at radius 1 is 1.57 bits per heavy atom. The summed E-state index contributed by atoms with van der Waals surface area (Å²) in [6.45, 7) is 4.25. The predicted octanol–water partition coefficient (Wildman–Crippen LogP) is 1.29. The number of aromatic nitrogens is 1. The molecule has 0 saturated carbocycles. The molecule has 1 aromatic heterocycles. The molecule has 0 atom stereocenters. The van der Waals surface area contributed by atoms with Crippen LogP contribution in [0.1, 0.15) is 6.92 Å². The van der Waals surface area contributed by atoms with E-state index < -0.39 is 0 Å². The fourth-order valence-electron chi connectivity index (χ4n) is 1.21. The molecule has 0 unspecified atom stereocenters. The number of nitrogens with one attached hydrogen (secondary N) is 1. The van der Waals surface area contributed by atoms with Gasteiger partial charge in [0, 0.05) is 12.6 Å². The fraction of sp³-hybridized carbons (Fsp3) is 0.500. The summed E-state index contributed by atoms with van der Waals surface area (Å²) < 4.78 is 10.6. The molecule has 1 saturated heterocycles. The van der Waals surface area contributed by atoms with Crippen LogP contribution in [0.5, 0.6) is 5.88 Å². The number of pyridine rings is 1. The third kappa shape index (κ3) is 2.14. The minimum absolute atomic E-state index is 0.180. The molecule has 4 heteroatoms. The van der Waals surface area contributed by atoms with Crippen molar-refractivity contribution in [3.63, 3.8) is 0 Å². The minimum Gasteiger partial charge on any atom is -0.469 e. The van der Waals surface area contributed by atoms with Crippen LogP contribution in [-0.4, -0.2) is 30.8 Å². The Kier molecular flexibility index (Phi) is 2.84. The summed E-state index contributed by atoms with van der Waals surface area (Å²) in [5, 5.41) is 3.13. The Bertz CT molecular complexity index is 300. The molecule has 4 nitrogen and oxygen atoms in total. The normalized spacial score (nSPS) is 16.1. The van der Waals surface area contributed by atoms with Crippen LogP contribution in [0.25, 0.3) is 0 Å². The van der Waals surface area contributed by atoms with Gasteiger partial charge in [-0.25, -0.2) is 0 Å². The summed E-state index contributed by atoms with van der Waals surface area (Å²) in [4.78, 5) is 4.30. The van der Waals surface area contributed by atoms with E-state index in [1.165, 1.54) is 0 Å². The Hall–Kier alpha value is -1.29. The average Bonchev–Trinajstić information content (AvgIpc) is 2.13. The molecule has 1 N–H and O–H groups in total. The zero-order valence-electron chi connectivity index (χ0n) is 8.19. The van der Waals surface area contributed by atoms with Gasteiger partial charge in [0.15, 0.2) is 0 Å². The summed E-state index contributed by atoms with van der Waals surface area (Å²) in [5.41, 5.74) is 0. The van der Waals surface area contributed by atoms with Crippen LogP contribution in [-0.2, 0) is 4.74 Å². The van der Waals surface area contributed by atoms with Gasteiger partial charge in [-0.2, -0.15) is 4.98 Å². The van der Waals surface area contributed by atoms with E-state index in [4.69, 9.17) is 9.47 Å². The van der Waals surface area contributed by atoms with E-state index in [9.17, 15) is 0 Å². The maximum Gasteiger partial charge on any atom is 0.215 e. The van der Waals surface area contributed by atoms with Gasteiger partial charge in [0.25, 0.3) is 0 Å². The average molecular weight is 194 g/mol. The second-order valence-corrected chi connectivity index (χ2v) is 3.17. The molecule has 2 heterocycles. The van der Waals surface area contributed by atoms with Crippen molar-refractivity contribution in [2.75, 3.05) is 25.1 Å². The van der Waals surface area contributed by atoms with Gasteiger partial charge in [0.05, 0.1) is 13.2 Å². The number of ether oxygens (including phenoxy) is 2. The molecule has 0 bridgehead atoms. The maximum atomic E-state index is 5.56. The van der Waals surface area contributed by atoms with Crippen LogP contribution in [0.3, 0.4) is 0 Å². The minimum atomic E-state index is 0.180. The number of nitrogens with zero attached hydrogens (tertiary/aromatic N) is 1. The van der Waals surface area contributed by atoms with Gasteiger partial charge in [0.1, 0.15) is 11.9 Å². The van der Waals surface area contributed by atoms with Gasteiger partial charge in [-0.3, -0.25) is 0 Å². The molecule has 1 aliphatic rings. The monoisotopic (exact) mass is 194 g/mol. The molecule has 0 spiro atoms. The van der Waals surface area contributed by atoms with Crippen LogP contribution >= 0.6 is 0 Å². The molecular formula is C10H14N2O2. The van der Waals surface area contributed by atoms with Gasteiger partial charge < -0.3 is 14.8 Å². The number of hydrogen-bond donors (Lipinski definition) is 1. The van der Waals surface area contributed by atoms with Gasteiger partial charge >= 0.3 is 0 Å². The van der Waals surface area contributed by atoms with Crippen molar-refractivity contribution in [1.29, 1.82) is 0 Å². The largest absolute Gasteiger partial charge is 0.469 e. The molecule has 0 radical (unpaired) electrons. The first kappa shape index (κ1) is 9.27. The first-order valence-electron chi connectivity index (χ1n) is 4.84. The van der Waals surface area contributed by atoms with Crippen LogP contribution in [0, 0.1) is 0 Å². The maximum absolute atomic E-state index is 5.56. The molecule has 1 aromatic rings. The van der Waals surface area contributed by atoms with E-state index in [2.05, 4.69) is 10.3 Å². The van der Waals surface area contributed by atoms with E-state index >= 15 is 0 Å². The number of anilines is 1. The van der Waals surface area contributed by atoms with E-state index in [0.29, 0.717) is 19.1 Å². The number of hydrogen-bond acceptors (Lipinski definition) is 4. The molecule has 1 aliphatic heterocycles. The highest BCUT2D eigenvalue weighted by atomic mass is 16.6. The van der Waals surface area contributed by atoms with Crippen molar-refractivity contribution in [3.05, 3.63) is 18.2 Å². The zero-order chi connectivity index (χ0) is 9.80. The van der Waals surface area contributed by atoms with Crippen molar-refractivity contribution < 1.29 is 9.47 Å². The summed E-state index contributed by atoms with van der Waals surface area (Å²) in [7, 11) is 0. The SMILES string of the molecule is CCNc1cccc(OC2COC2)n1. The van der Waals surface area contributed by atoms with Crippen LogP contribution < -0.4 is 10.1 Å². The van der Waals surface area contributed by atoms with Crippen molar-refractivity contribution in [1.82, 2.24) is 4.98 Å². The third-order valence-corrected chi connectivity index (χ3v) is 1.98. The molecule has 2 rings (SSSR count). The fourth-order valence-corrected chi connectivity index (χ4v) is 1.21. The lowest BCUT2D eigenvalue weighted by molar-refractivity contribution is -0.0812. The zero-order valence-corrected chi connectivity index (χ0v) is 8.19. The van der Waals surface area contributed by atoms with Gasteiger partial charge in [0.2, 0.25) is 5.88 Å². The third-order valence-electron chi connectivity index (χ3n) is 1.98. The molecule has 76 valence electrons. The van der Waals surface area contributed by atoms with Crippen LogP contribution in [0.4, 0.5) is 5.82 Å². The smallest absolute Gasteiger partial charge is 0.215 e. The highest BCUT2D eigenvalue weighted by Crippen LogP contribution is 2.15. The van der Waals surface area contributed by atoms with Crippen LogP contribution in [0.15, 0.2) is 18.2 Å². The van der Waals surface area contributed by atoms with E-state index in [0.717, 1.165) is 12.4 Å².